The van der Waals surface area contributed by atoms with Crippen LogP contribution in [0.15, 0.2) is 67.1 Å². The van der Waals surface area contributed by atoms with Crippen LogP contribution in [-0.4, -0.2) is 14.5 Å². The molecule has 0 saturated heterocycles. The van der Waals surface area contributed by atoms with Crippen molar-refractivity contribution < 1.29 is 0 Å². The quantitative estimate of drug-likeness (QED) is 0.537. The molecule has 23 heavy (non-hydrogen) atoms. The van der Waals surface area contributed by atoms with E-state index < -0.39 is 0 Å². The number of aryl methyl sites for hydroxylation is 2. The SMILES string of the molecule is Cc1ccc(-c2cnc3c(c2)ncn3-c2cccc(C)c2)cc1. The first kappa shape index (κ1) is 13.7. The zero-order valence-corrected chi connectivity index (χ0v) is 13.2. The molecule has 0 amide bonds. The molecule has 0 radical (unpaired) electrons. The van der Waals surface area contributed by atoms with Gasteiger partial charge in [-0.1, -0.05) is 42.0 Å². The number of pyridine rings is 1. The Morgan fingerprint density at radius 1 is 0.783 bits per heavy atom. The summed E-state index contributed by atoms with van der Waals surface area (Å²) in [6, 6.07) is 18.9. The van der Waals surface area contributed by atoms with Gasteiger partial charge in [-0.3, -0.25) is 4.57 Å². The third-order valence-electron chi connectivity index (χ3n) is 4.05. The first-order valence-electron chi connectivity index (χ1n) is 7.68. The lowest BCUT2D eigenvalue weighted by Gasteiger charge is -2.06. The van der Waals surface area contributed by atoms with Crippen molar-refractivity contribution in [2.45, 2.75) is 13.8 Å². The van der Waals surface area contributed by atoms with Crippen molar-refractivity contribution >= 4 is 11.2 Å². The molecule has 0 fully saturated rings. The van der Waals surface area contributed by atoms with Crippen LogP contribution in [-0.2, 0) is 0 Å². The Hall–Kier alpha value is -2.94. The van der Waals surface area contributed by atoms with Crippen molar-refractivity contribution in [3.63, 3.8) is 0 Å². The van der Waals surface area contributed by atoms with Gasteiger partial charge in [0.05, 0.1) is 0 Å². The van der Waals surface area contributed by atoms with Crippen LogP contribution in [0.1, 0.15) is 11.1 Å². The number of hydrogen-bond acceptors (Lipinski definition) is 2. The number of fused-ring (bicyclic) bond motifs is 1. The number of benzene rings is 2. The smallest absolute Gasteiger partial charge is 0.164 e. The van der Waals surface area contributed by atoms with Crippen molar-refractivity contribution in [2.24, 2.45) is 0 Å². The maximum absolute atomic E-state index is 4.65. The van der Waals surface area contributed by atoms with Gasteiger partial charge in [-0.25, -0.2) is 9.97 Å². The summed E-state index contributed by atoms with van der Waals surface area (Å²) in [7, 11) is 0. The molecule has 4 rings (SSSR count). The summed E-state index contributed by atoms with van der Waals surface area (Å²) in [5.74, 6) is 0. The largest absolute Gasteiger partial charge is 0.283 e. The Kier molecular flexibility index (Phi) is 3.19. The van der Waals surface area contributed by atoms with E-state index in [4.69, 9.17) is 0 Å². The van der Waals surface area contributed by atoms with Gasteiger partial charge in [-0.15, -0.1) is 0 Å². The minimum Gasteiger partial charge on any atom is -0.283 e. The average Bonchev–Trinajstić information content (AvgIpc) is 2.98. The molecule has 0 bridgehead atoms. The van der Waals surface area contributed by atoms with Crippen molar-refractivity contribution in [1.82, 2.24) is 14.5 Å². The Labute approximate surface area is 135 Å². The molecule has 2 aromatic heterocycles. The molecule has 2 aromatic carbocycles. The third kappa shape index (κ3) is 2.50. The summed E-state index contributed by atoms with van der Waals surface area (Å²) < 4.78 is 2.03. The summed E-state index contributed by atoms with van der Waals surface area (Å²) in [5, 5.41) is 0. The summed E-state index contributed by atoms with van der Waals surface area (Å²) in [6.07, 6.45) is 3.76. The first-order chi connectivity index (χ1) is 11.2. The van der Waals surface area contributed by atoms with Gasteiger partial charge in [0.1, 0.15) is 11.8 Å². The van der Waals surface area contributed by atoms with E-state index in [0.717, 1.165) is 28.0 Å². The Bertz CT molecular complexity index is 981. The molecule has 0 N–H and O–H groups in total. The van der Waals surface area contributed by atoms with Crippen molar-refractivity contribution in [1.29, 1.82) is 0 Å². The molecule has 0 spiro atoms. The molecule has 4 aromatic rings. The van der Waals surface area contributed by atoms with E-state index in [2.05, 4.69) is 78.4 Å². The zero-order chi connectivity index (χ0) is 15.8. The van der Waals surface area contributed by atoms with Crippen LogP contribution >= 0.6 is 0 Å². The van der Waals surface area contributed by atoms with Crippen LogP contribution in [0.4, 0.5) is 0 Å². The maximum atomic E-state index is 4.65. The van der Waals surface area contributed by atoms with Crippen molar-refractivity contribution in [3.05, 3.63) is 78.2 Å². The van der Waals surface area contributed by atoms with Gasteiger partial charge < -0.3 is 0 Å². The molecule has 2 heterocycles. The number of imidazole rings is 1. The van der Waals surface area contributed by atoms with E-state index in [9.17, 15) is 0 Å². The summed E-state index contributed by atoms with van der Waals surface area (Å²) in [6.45, 7) is 4.18. The maximum Gasteiger partial charge on any atom is 0.164 e. The highest BCUT2D eigenvalue weighted by atomic mass is 15.1. The van der Waals surface area contributed by atoms with Crippen molar-refractivity contribution in [3.8, 4) is 16.8 Å². The Morgan fingerprint density at radius 2 is 1.61 bits per heavy atom. The molecule has 0 unspecified atom stereocenters. The minimum absolute atomic E-state index is 0.881. The predicted molar refractivity (Wildman–Crippen MR) is 93.8 cm³/mol. The molecule has 3 heteroatoms. The standard InChI is InChI=1S/C20H17N3/c1-14-6-8-16(9-7-14)17-11-19-20(21-12-17)23(13-22-19)18-5-3-4-15(2)10-18/h3-13H,1-2H3. The monoisotopic (exact) mass is 299 g/mol. The second-order valence-corrected chi connectivity index (χ2v) is 5.89. The van der Waals surface area contributed by atoms with Gasteiger partial charge in [0.2, 0.25) is 0 Å². The van der Waals surface area contributed by atoms with E-state index in [1.807, 2.05) is 17.1 Å². The number of nitrogens with zero attached hydrogens (tertiary/aromatic N) is 3. The molecule has 0 aliphatic heterocycles. The lowest BCUT2D eigenvalue weighted by atomic mass is 10.1. The lowest BCUT2D eigenvalue weighted by Crippen LogP contribution is -1.94. The average molecular weight is 299 g/mol. The molecule has 0 atom stereocenters. The number of hydrogen-bond donors (Lipinski definition) is 0. The third-order valence-corrected chi connectivity index (χ3v) is 4.05. The van der Waals surface area contributed by atoms with E-state index in [0.29, 0.717) is 0 Å². The highest BCUT2D eigenvalue weighted by Gasteiger charge is 2.08. The summed E-state index contributed by atoms with van der Waals surface area (Å²) >= 11 is 0. The van der Waals surface area contributed by atoms with E-state index in [-0.39, 0.29) is 0 Å². The second-order valence-electron chi connectivity index (χ2n) is 5.89. The van der Waals surface area contributed by atoms with Crippen LogP contribution in [0.5, 0.6) is 0 Å². The van der Waals surface area contributed by atoms with Crippen LogP contribution in [0.25, 0.3) is 28.0 Å². The molecule has 0 aliphatic carbocycles. The topological polar surface area (TPSA) is 30.7 Å². The van der Waals surface area contributed by atoms with Crippen LogP contribution in [0.3, 0.4) is 0 Å². The van der Waals surface area contributed by atoms with Gasteiger partial charge in [-0.05, 0) is 43.2 Å². The molecule has 112 valence electrons. The van der Waals surface area contributed by atoms with Crippen LogP contribution < -0.4 is 0 Å². The fourth-order valence-electron chi connectivity index (χ4n) is 2.77. The highest BCUT2D eigenvalue weighted by molar-refractivity contribution is 5.79. The minimum atomic E-state index is 0.881. The van der Waals surface area contributed by atoms with Gasteiger partial charge >= 0.3 is 0 Å². The summed E-state index contributed by atoms with van der Waals surface area (Å²) in [4.78, 5) is 9.18. The molecular weight excluding hydrogens is 282 g/mol. The number of rotatable bonds is 2. The highest BCUT2D eigenvalue weighted by Crippen LogP contribution is 2.24. The normalized spacial score (nSPS) is 11.0. The number of aromatic nitrogens is 3. The predicted octanol–water partition coefficient (Wildman–Crippen LogP) is 4.70. The van der Waals surface area contributed by atoms with Gasteiger partial charge in [0, 0.05) is 17.4 Å². The van der Waals surface area contributed by atoms with Gasteiger partial charge in [0.25, 0.3) is 0 Å². The molecule has 3 nitrogen and oxygen atoms in total. The van der Waals surface area contributed by atoms with Gasteiger partial charge in [0.15, 0.2) is 5.65 Å². The van der Waals surface area contributed by atoms with E-state index in [1.165, 1.54) is 11.1 Å². The van der Waals surface area contributed by atoms with Crippen LogP contribution in [0, 0.1) is 13.8 Å². The fourth-order valence-corrected chi connectivity index (χ4v) is 2.77. The van der Waals surface area contributed by atoms with Crippen molar-refractivity contribution in [2.75, 3.05) is 0 Å². The first-order valence-corrected chi connectivity index (χ1v) is 7.68. The Balaban J connectivity index is 1.81. The van der Waals surface area contributed by atoms with Crippen LogP contribution in [0.2, 0.25) is 0 Å². The van der Waals surface area contributed by atoms with E-state index in [1.54, 1.807) is 0 Å². The Morgan fingerprint density at radius 3 is 2.39 bits per heavy atom. The molecule has 0 saturated carbocycles. The van der Waals surface area contributed by atoms with Gasteiger partial charge in [-0.2, -0.15) is 0 Å². The molecular formula is C20H17N3. The summed E-state index contributed by atoms with van der Waals surface area (Å²) in [5.41, 5.74) is 7.60. The lowest BCUT2D eigenvalue weighted by molar-refractivity contribution is 1.06. The van der Waals surface area contributed by atoms with E-state index >= 15 is 0 Å². The zero-order valence-electron chi connectivity index (χ0n) is 13.2. The second kappa shape index (κ2) is 5.36. The molecule has 0 aliphatic rings. The fraction of sp³-hybridized carbons (Fsp3) is 0.100.